The maximum Gasteiger partial charge on any atom is 0.309 e. The van der Waals surface area contributed by atoms with Gasteiger partial charge in [0.15, 0.2) is 0 Å². The highest BCUT2D eigenvalue weighted by Crippen LogP contribution is 2.27. The van der Waals surface area contributed by atoms with Crippen LogP contribution in [0.15, 0.2) is 53.4 Å². The van der Waals surface area contributed by atoms with Crippen LogP contribution in [-0.4, -0.2) is 43.9 Å². The fraction of sp³-hybridized carbons (Fsp3) is 0.333. The van der Waals surface area contributed by atoms with E-state index >= 15 is 0 Å². The van der Waals surface area contributed by atoms with Crippen molar-refractivity contribution in [2.24, 2.45) is 5.92 Å². The minimum absolute atomic E-state index is 0.141. The van der Waals surface area contributed by atoms with Crippen molar-refractivity contribution in [3.8, 4) is 5.75 Å². The Labute approximate surface area is 179 Å². The van der Waals surface area contributed by atoms with Crippen LogP contribution in [0.1, 0.15) is 17.8 Å². The lowest BCUT2D eigenvalue weighted by Crippen LogP contribution is -2.40. The lowest BCUT2D eigenvalue weighted by molar-refractivity contribution is -0.151. The first-order valence-corrected chi connectivity index (χ1v) is 11.9. The van der Waals surface area contributed by atoms with Crippen LogP contribution >= 0.6 is 11.3 Å². The molecule has 0 bridgehead atoms. The second kappa shape index (κ2) is 8.71. The number of hydrogen-bond acceptors (Lipinski definition) is 7. The normalized spacial score (nSPS) is 15.9. The molecule has 1 aromatic heterocycles. The number of para-hydroxylation sites is 1. The Morgan fingerprint density at radius 1 is 1.13 bits per heavy atom. The van der Waals surface area contributed by atoms with Gasteiger partial charge >= 0.3 is 5.97 Å². The molecule has 1 aliphatic heterocycles. The molecule has 0 atom stereocenters. The van der Waals surface area contributed by atoms with Crippen molar-refractivity contribution in [2.75, 3.05) is 20.2 Å². The molecule has 2 aromatic carbocycles. The third-order valence-corrected chi connectivity index (χ3v) is 8.08. The highest BCUT2D eigenvalue weighted by atomic mass is 32.2. The molecule has 2 heterocycles. The number of nitrogens with zero attached hydrogens (tertiary/aromatic N) is 2. The summed E-state index contributed by atoms with van der Waals surface area (Å²) in [4.78, 5) is 17.1. The summed E-state index contributed by atoms with van der Waals surface area (Å²) in [6.45, 7) is 0.715. The Balaban J connectivity index is 1.32. The molecule has 1 saturated heterocycles. The molecule has 9 heteroatoms. The van der Waals surface area contributed by atoms with Gasteiger partial charge in [-0.3, -0.25) is 4.79 Å². The van der Waals surface area contributed by atoms with Gasteiger partial charge < -0.3 is 9.47 Å². The summed E-state index contributed by atoms with van der Waals surface area (Å²) in [5.74, 6) is 0.000905. The van der Waals surface area contributed by atoms with Gasteiger partial charge in [0.25, 0.3) is 0 Å². The molecule has 0 unspecified atom stereocenters. The first-order chi connectivity index (χ1) is 14.5. The smallest absolute Gasteiger partial charge is 0.309 e. The number of esters is 1. The maximum absolute atomic E-state index is 12.8. The molecule has 3 aromatic rings. The molecule has 0 radical (unpaired) electrons. The Kier molecular flexibility index (Phi) is 6.03. The van der Waals surface area contributed by atoms with E-state index in [0.29, 0.717) is 18.6 Å². The molecule has 0 amide bonds. The Bertz CT molecular complexity index is 1100. The first-order valence-electron chi connectivity index (χ1n) is 9.62. The largest absolute Gasteiger partial charge is 0.497 e. The van der Waals surface area contributed by atoms with Crippen LogP contribution in [0.5, 0.6) is 5.75 Å². The summed E-state index contributed by atoms with van der Waals surface area (Å²) in [6, 6.07) is 14.1. The lowest BCUT2D eigenvalue weighted by atomic mass is 9.98. The first kappa shape index (κ1) is 20.8. The number of methoxy groups -OCH3 is 1. The number of aromatic nitrogens is 1. The van der Waals surface area contributed by atoms with Crippen LogP contribution in [0.3, 0.4) is 0 Å². The van der Waals surface area contributed by atoms with Gasteiger partial charge in [-0.2, -0.15) is 4.31 Å². The number of carbonyl (C=O) groups excluding carboxylic acids is 1. The molecule has 158 valence electrons. The number of sulfonamides is 1. The van der Waals surface area contributed by atoms with Crippen molar-refractivity contribution in [3.05, 3.63) is 53.5 Å². The minimum atomic E-state index is -3.59. The zero-order valence-corrected chi connectivity index (χ0v) is 18.1. The molecule has 30 heavy (non-hydrogen) atoms. The molecule has 1 aliphatic rings. The number of thiazole rings is 1. The molecule has 0 saturated carbocycles. The summed E-state index contributed by atoms with van der Waals surface area (Å²) in [5, 5.41) is 0.754. The number of ether oxygens (including phenoxy) is 2. The molecule has 7 nitrogen and oxygen atoms in total. The number of rotatable bonds is 6. The monoisotopic (exact) mass is 446 g/mol. The quantitative estimate of drug-likeness (QED) is 0.539. The number of piperidine rings is 1. The number of benzene rings is 2. The Morgan fingerprint density at radius 2 is 1.83 bits per heavy atom. The average molecular weight is 447 g/mol. The number of carbonyl (C=O) groups is 1. The third kappa shape index (κ3) is 4.33. The SMILES string of the molecule is COc1ccc(S(=O)(=O)N2CCC(C(=O)OCc3nc4ccccc4s3)CC2)cc1. The van der Waals surface area contributed by atoms with Gasteiger partial charge in [-0.25, -0.2) is 13.4 Å². The van der Waals surface area contributed by atoms with Crippen LogP contribution in [0.25, 0.3) is 10.2 Å². The van der Waals surface area contributed by atoms with E-state index in [1.165, 1.54) is 34.9 Å². The second-order valence-electron chi connectivity index (χ2n) is 7.04. The third-order valence-electron chi connectivity index (χ3n) is 5.16. The molecule has 0 spiro atoms. The summed E-state index contributed by atoms with van der Waals surface area (Å²) >= 11 is 1.51. The molecule has 4 rings (SSSR count). The summed E-state index contributed by atoms with van der Waals surface area (Å²) < 4.78 is 38.7. The van der Waals surface area contributed by atoms with Gasteiger partial charge in [-0.05, 0) is 49.2 Å². The maximum atomic E-state index is 12.8. The van der Waals surface area contributed by atoms with Gasteiger partial charge in [0, 0.05) is 13.1 Å². The Hall–Kier alpha value is -2.49. The number of hydrogen-bond donors (Lipinski definition) is 0. The fourth-order valence-electron chi connectivity index (χ4n) is 3.46. The van der Waals surface area contributed by atoms with E-state index in [-0.39, 0.29) is 36.5 Å². The number of fused-ring (bicyclic) bond motifs is 1. The minimum Gasteiger partial charge on any atom is -0.497 e. The topological polar surface area (TPSA) is 85.8 Å². The predicted octanol–water partition coefficient (Wildman–Crippen LogP) is 3.45. The molecular weight excluding hydrogens is 424 g/mol. The highest BCUT2D eigenvalue weighted by molar-refractivity contribution is 7.89. The van der Waals surface area contributed by atoms with E-state index in [4.69, 9.17) is 9.47 Å². The summed E-state index contributed by atoms with van der Waals surface area (Å²) in [5.41, 5.74) is 0.894. The summed E-state index contributed by atoms with van der Waals surface area (Å²) in [6.07, 6.45) is 0.877. The van der Waals surface area contributed by atoms with Crippen molar-refractivity contribution in [2.45, 2.75) is 24.3 Å². The van der Waals surface area contributed by atoms with Crippen molar-refractivity contribution >= 4 is 37.5 Å². The van der Waals surface area contributed by atoms with Crippen molar-refractivity contribution in [1.29, 1.82) is 0 Å². The molecular formula is C21H22N2O5S2. The van der Waals surface area contributed by atoms with E-state index in [1.54, 1.807) is 12.1 Å². The second-order valence-corrected chi connectivity index (χ2v) is 10.1. The summed E-state index contributed by atoms with van der Waals surface area (Å²) in [7, 11) is -2.06. The van der Waals surface area contributed by atoms with Crippen LogP contribution in [0.4, 0.5) is 0 Å². The van der Waals surface area contributed by atoms with E-state index < -0.39 is 10.0 Å². The van der Waals surface area contributed by atoms with Gasteiger partial charge in [-0.1, -0.05) is 12.1 Å². The van der Waals surface area contributed by atoms with Crippen molar-refractivity contribution < 1.29 is 22.7 Å². The van der Waals surface area contributed by atoms with E-state index in [1.807, 2.05) is 24.3 Å². The van der Waals surface area contributed by atoms with Gasteiger partial charge in [0.2, 0.25) is 10.0 Å². The zero-order chi connectivity index (χ0) is 21.1. The van der Waals surface area contributed by atoms with Gasteiger partial charge in [-0.15, -0.1) is 11.3 Å². The fourth-order valence-corrected chi connectivity index (χ4v) is 5.81. The van der Waals surface area contributed by atoms with E-state index in [9.17, 15) is 13.2 Å². The lowest BCUT2D eigenvalue weighted by Gasteiger charge is -2.30. The van der Waals surface area contributed by atoms with E-state index in [2.05, 4.69) is 4.98 Å². The molecule has 1 fully saturated rings. The standard InChI is InChI=1S/C21H22N2O5S2/c1-27-16-6-8-17(9-7-16)30(25,26)23-12-10-15(11-13-23)21(24)28-14-20-22-18-4-2-3-5-19(18)29-20/h2-9,15H,10-14H2,1H3. The van der Waals surface area contributed by atoms with Crippen LogP contribution in [-0.2, 0) is 26.2 Å². The average Bonchev–Trinajstić information content (AvgIpc) is 3.20. The van der Waals surface area contributed by atoms with Crippen molar-refractivity contribution in [3.63, 3.8) is 0 Å². The Morgan fingerprint density at radius 3 is 2.50 bits per heavy atom. The van der Waals surface area contributed by atoms with Crippen LogP contribution < -0.4 is 4.74 Å². The zero-order valence-electron chi connectivity index (χ0n) is 16.5. The van der Waals surface area contributed by atoms with Crippen LogP contribution in [0, 0.1) is 5.92 Å². The van der Waals surface area contributed by atoms with Crippen molar-refractivity contribution in [1.82, 2.24) is 9.29 Å². The molecule has 0 aliphatic carbocycles. The molecule has 0 N–H and O–H groups in total. The van der Waals surface area contributed by atoms with E-state index in [0.717, 1.165) is 15.2 Å². The van der Waals surface area contributed by atoms with Gasteiger partial charge in [0.05, 0.1) is 28.1 Å². The van der Waals surface area contributed by atoms with Crippen LogP contribution in [0.2, 0.25) is 0 Å². The predicted molar refractivity (Wildman–Crippen MR) is 114 cm³/mol. The van der Waals surface area contributed by atoms with Gasteiger partial charge in [0.1, 0.15) is 17.4 Å². The highest BCUT2D eigenvalue weighted by Gasteiger charge is 2.32.